The maximum absolute atomic E-state index is 11.9. The second kappa shape index (κ2) is 4.02. The summed E-state index contributed by atoms with van der Waals surface area (Å²) in [4.78, 5) is 11.9. The summed E-state index contributed by atoms with van der Waals surface area (Å²) in [5.74, 6) is -11.1. The molecule has 1 fully saturated rings. The van der Waals surface area contributed by atoms with Crippen molar-refractivity contribution >= 4 is 5.97 Å². The Morgan fingerprint density at radius 1 is 1.47 bits per heavy atom. The average Bonchev–Trinajstić information content (AvgIpc) is 2.55. The SMILES string of the molecule is [2H]C1=CC=CC2=CC=C3C([2H])(C(=O)O)C([2H])([2H])C([2H])([2H])C([2H])([2H])C3([2H])C12[2H]. The number of allylic oxidation sites excluding steroid dienone is 7. The molecule has 2 heteroatoms. The molecule has 1 saturated carbocycles. The van der Waals surface area contributed by atoms with Crippen molar-refractivity contribution in [1.82, 2.24) is 0 Å². The second-order valence-corrected chi connectivity index (χ2v) is 3.68. The zero-order valence-corrected chi connectivity index (χ0v) is 8.74. The highest BCUT2D eigenvalue weighted by molar-refractivity contribution is 5.74. The molecule has 0 aromatic rings. The molecule has 2 nitrogen and oxygen atoms in total. The van der Waals surface area contributed by atoms with E-state index in [0.29, 0.717) is 0 Å². The van der Waals surface area contributed by atoms with Crippen molar-refractivity contribution < 1.29 is 23.6 Å². The van der Waals surface area contributed by atoms with Crippen LogP contribution in [0.4, 0.5) is 0 Å². The summed E-state index contributed by atoms with van der Waals surface area (Å²) < 4.78 is 82.9. The van der Waals surface area contributed by atoms with Gasteiger partial charge in [0.2, 0.25) is 0 Å². The van der Waals surface area contributed by atoms with Gasteiger partial charge in [0.1, 0.15) is 0 Å². The highest BCUT2D eigenvalue weighted by atomic mass is 16.4. The van der Waals surface area contributed by atoms with Crippen LogP contribution < -0.4 is 0 Å². The van der Waals surface area contributed by atoms with E-state index >= 15 is 0 Å². The van der Waals surface area contributed by atoms with Crippen LogP contribution in [0.3, 0.4) is 0 Å². The molecule has 0 radical (unpaired) electrons. The molecule has 0 aromatic carbocycles. The van der Waals surface area contributed by atoms with Crippen LogP contribution >= 0.6 is 0 Å². The van der Waals surface area contributed by atoms with Crippen LogP contribution in [0, 0.1) is 17.7 Å². The van der Waals surface area contributed by atoms with Gasteiger partial charge in [-0.2, -0.15) is 0 Å². The van der Waals surface area contributed by atoms with E-state index in [1.807, 2.05) is 0 Å². The number of carboxylic acids is 1. The Morgan fingerprint density at radius 2 is 2.35 bits per heavy atom. The molecule has 0 aromatic heterocycles. The summed E-state index contributed by atoms with van der Waals surface area (Å²) in [6.07, 6.45) is -4.74. The van der Waals surface area contributed by atoms with Crippen molar-refractivity contribution in [2.75, 3.05) is 0 Å². The van der Waals surface area contributed by atoms with Gasteiger partial charge < -0.3 is 5.11 Å². The van der Waals surface area contributed by atoms with Crippen LogP contribution in [0.15, 0.2) is 47.6 Å². The monoisotopic (exact) mass is 238 g/mol. The maximum atomic E-state index is 11.9. The average molecular weight is 238 g/mol. The Bertz CT molecular complexity index is 870. The van der Waals surface area contributed by atoms with Gasteiger partial charge in [0.25, 0.3) is 0 Å². The highest BCUT2D eigenvalue weighted by Gasteiger charge is 2.37. The summed E-state index contributed by atoms with van der Waals surface area (Å²) in [6, 6.07) is -0.577. The van der Waals surface area contributed by atoms with Crippen LogP contribution in [0.2, 0.25) is 0 Å². The van der Waals surface area contributed by atoms with Gasteiger partial charge >= 0.3 is 5.97 Å². The fourth-order valence-corrected chi connectivity index (χ4v) is 1.93. The summed E-state index contributed by atoms with van der Waals surface area (Å²) >= 11 is 0. The summed E-state index contributed by atoms with van der Waals surface area (Å²) in [7, 11) is 0. The zero-order valence-electron chi connectivity index (χ0n) is 18.7. The molecule has 3 aliphatic rings. The third-order valence-electron chi connectivity index (χ3n) is 2.70. The number of rotatable bonds is 1. The minimum Gasteiger partial charge on any atom is -0.481 e. The van der Waals surface area contributed by atoms with E-state index in [1.165, 1.54) is 12.2 Å². The van der Waals surface area contributed by atoms with Crippen LogP contribution in [0.5, 0.6) is 0 Å². The number of fused-ring (bicyclic) bond motifs is 3. The smallest absolute Gasteiger partial charge is 0.310 e. The van der Waals surface area contributed by atoms with E-state index in [9.17, 15) is 9.90 Å². The summed E-state index contributed by atoms with van der Waals surface area (Å²) in [5.41, 5.74) is -0.941. The van der Waals surface area contributed by atoms with Crippen molar-refractivity contribution in [2.24, 2.45) is 17.7 Å². The van der Waals surface area contributed by atoms with Crippen LogP contribution in [-0.4, -0.2) is 11.1 Å². The third kappa shape index (κ3) is 1.68. The lowest BCUT2D eigenvalue weighted by atomic mass is 9.66. The van der Waals surface area contributed by atoms with E-state index in [-0.39, 0.29) is 5.57 Å². The molecule has 3 atom stereocenters. The van der Waals surface area contributed by atoms with Crippen molar-refractivity contribution in [3.05, 3.63) is 47.6 Å². The Morgan fingerprint density at radius 3 is 3.18 bits per heavy atom. The topological polar surface area (TPSA) is 37.3 Å². The Labute approximate surface area is 115 Å². The normalized spacial score (nSPS) is 65.5. The van der Waals surface area contributed by atoms with Gasteiger partial charge in [-0.05, 0) is 24.2 Å². The number of hydrogen-bond acceptors (Lipinski definition) is 1. The number of hydrogen-bond donors (Lipinski definition) is 1. The molecule has 1 N–H and O–H groups in total. The standard InChI is InChI=1S/C15H16O2/c16-15(17)14-7-3-6-12-11-5-2-1-4-10(11)8-9-13(12)14/h1-2,4-5,8-9,11-12,14H,3,6-7H2,(H,16,17)/i3D2,5D,6D2,7D2,11D,12D,14D. The molecule has 0 spiro atoms. The molecule has 0 bridgehead atoms. The van der Waals surface area contributed by atoms with Gasteiger partial charge in [-0.1, -0.05) is 48.4 Å². The van der Waals surface area contributed by atoms with Gasteiger partial charge in [-0.25, -0.2) is 0 Å². The highest BCUT2D eigenvalue weighted by Crippen LogP contribution is 2.45. The van der Waals surface area contributed by atoms with Crippen molar-refractivity contribution in [2.45, 2.75) is 19.1 Å². The van der Waals surface area contributed by atoms with Gasteiger partial charge in [0.05, 0.1) is 7.26 Å². The fraction of sp³-hybridized carbons (Fsp3) is 0.400. The van der Waals surface area contributed by atoms with Gasteiger partial charge in [-0.3, -0.25) is 4.79 Å². The Kier molecular flexibility index (Phi) is 1.01. The first-order valence-corrected chi connectivity index (χ1v) is 5.08. The summed E-state index contributed by atoms with van der Waals surface area (Å²) in [6.45, 7) is 0. The molecule has 0 aliphatic heterocycles. The van der Waals surface area contributed by atoms with Crippen LogP contribution in [0.25, 0.3) is 0 Å². The molecule has 0 saturated heterocycles. The lowest BCUT2D eigenvalue weighted by Gasteiger charge is -2.38. The quantitative estimate of drug-likeness (QED) is 0.762. The van der Waals surface area contributed by atoms with Gasteiger partial charge in [-0.15, -0.1) is 0 Å². The van der Waals surface area contributed by atoms with Crippen LogP contribution in [-0.2, 0) is 4.79 Å². The molecule has 0 heterocycles. The molecule has 3 unspecified atom stereocenters. The van der Waals surface area contributed by atoms with E-state index in [1.54, 1.807) is 0 Å². The number of carboxylic acid groups (broad SMARTS) is 1. The first-order valence-electron chi connectivity index (χ1n) is 10.1. The van der Waals surface area contributed by atoms with Crippen molar-refractivity contribution in [1.29, 1.82) is 0 Å². The van der Waals surface area contributed by atoms with Crippen molar-refractivity contribution in [3.8, 4) is 0 Å². The minimum atomic E-state index is -3.63. The predicted molar refractivity (Wildman–Crippen MR) is 66.4 cm³/mol. The molecule has 3 aliphatic carbocycles. The van der Waals surface area contributed by atoms with Gasteiger partial charge in [0.15, 0.2) is 0 Å². The largest absolute Gasteiger partial charge is 0.481 e. The predicted octanol–water partition coefficient (Wildman–Crippen LogP) is 3.10. The van der Waals surface area contributed by atoms with Crippen LogP contribution in [0.1, 0.15) is 32.8 Å². The first kappa shape index (κ1) is 4.27. The van der Waals surface area contributed by atoms with Gasteiger partial charge in [0, 0.05) is 18.2 Å². The van der Waals surface area contributed by atoms with E-state index in [0.717, 1.165) is 18.2 Å². The first-order chi connectivity index (χ1) is 12.1. The number of aliphatic carboxylic acids is 1. The second-order valence-electron chi connectivity index (χ2n) is 3.68. The fourth-order valence-electron chi connectivity index (χ4n) is 1.93. The molecule has 88 valence electrons. The Balaban J connectivity index is 2.52. The summed E-state index contributed by atoms with van der Waals surface area (Å²) in [5, 5.41) is 9.64. The van der Waals surface area contributed by atoms with Crippen molar-refractivity contribution in [3.63, 3.8) is 0 Å². The molecule has 3 rings (SSSR count). The molecule has 0 amide bonds. The molecular weight excluding hydrogens is 212 g/mol. The lowest BCUT2D eigenvalue weighted by molar-refractivity contribution is -0.141. The third-order valence-corrected chi connectivity index (χ3v) is 2.70. The number of carbonyl (C=O) groups is 1. The molecule has 17 heavy (non-hydrogen) atoms. The minimum absolute atomic E-state index is 0.0383. The lowest BCUT2D eigenvalue weighted by Crippen LogP contribution is -2.32. The van der Waals surface area contributed by atoms with E-state index in [2.05, 4.69) is 0 Å². The van der Waals surface area contributed by atoms with E-state index in [4.69, 9.17) is 13.7 Å². The Hall–Kier alpha value is -1.57. The zero-order chi connectivity index (χ0) is 20.8. The van der Waals surface area contributed by atoms with E-state index < -0.39 is 54.4 Å². The molecular formula is C15H16O2. The maximum Gasteiger partial charge on any atom is 0.310 e.